The highest BCUT2D eigenvalue weighted by molar-refractivity contribution is 14.0. The summed E-state index contributed by atoms with van der Waals surface area (Å²) in [6.07, 6.45) is 6.31. The first-order chi connectivity index (χ1) is 12.5. The van der Waals surface area contributed by atoms with Gasteiger partial charge in [0.15, 0.2) is 5.96 Å². The first kappa shape index (κ1) is 21.5. The molecule has 2 aromatic heterocycles. The van der Waals surface area contributed by atoms with E-state index in [9.17, 15) is 0 Å². The molecule has 27 heavy (non-hydrogen) atoms. The molecule has 0 aliphatic carbocycles. The number of piperidine rings is 1. The van der Waals surface area contributed by atoms with Crippen molar-refractivity contribution in [3.63, 3.8) is 0 Å². The van der Waals surface area contributed by atoms with E-state index in [2.05, 4.69) is 43.8 Å². The summed E-state index contributed by atoms with van der Waals surface area (Å²) in [7, 11) is 5.76. The maximum absolute atomic E-state index is 4.48. The van der Waals surface area contributed by atoms with Crippen molar-refractivity contribution in [2.24, 2.45) is 19.1 Å². The zero-order valence-electron chi connectivity index (χ0n) is 16.9. The second-order valence-electron chi connectivity index (χ2n) is 7.00. The molecule has 1 fully saturated rings. The number of aryl methyl sites for hydroxylation is 3. The van der Waals surface area contributed by atoms with E-state index in [0.29, 0.717) is 6.04 Å². The lowest BCUT2D eigenvalue weighted by Crippen LogP contribution is -2.51. The SMILES string of the molecule is CN=C(NCc1c(C)nn(C)c1C)NC1CCCN(c2cnn(C)c2)C1.I. The Hall–Kier alpha value is -1.78. The van der Waals surface area contributed by atoms with Crippen molar-refractivity contribution in [2.45, 2.75) is 39.3 Å². The van der Waals surface area contributed by atoms with E-state index in [4.69, 9.17) is 0 Å². The van der Waals surface area contributed by atoms with Crippen LogP contribution in [0.15, 0.2) is 17.4 Å². The molecule has 0 amide bonds. The van der Waals surface area contributed by atoms with Gasteiger partial charge in [0.25, 0.3) is 0 Å². The molecule has 1 aliphatic heterocycles. The number of rotatable bonds is 4. The van der Waals surface area contributed by atoms with E-state index >= 15 is 0 Å². The molecule has 0 aromatic carbocycles. The molecule has 150 valence electrons. The van der Waals surface area contributed by atoms with Gasteiger partial charge in [-0.2, -0.15) is 10.2 Å². The minimum absolute atomic E-state index is 0. The first-order valence-electron chi connectivity index (χ1n) is 9.17. The molecule has 2 N–H and O–H groups in total. The van der Waals surface area contributed by atoms with Gasteiger partial charge in [0, 0.05) is 64.3 Å². The van der Waals surface area contributed by atoms with Crippen molar-refractivity contribution in [3.05, 3.63) is 29.3 Å². The standard InChI is InChI=1S/C18H30N8.HI/c1-13-17(14(2)25(5)23-13)10-20-18(19-3)22-15-7-6-8-26(11-15)16-9-21-24(4)12-16;/h9,12,15H,6-8,10-11H2,1-5H3,(H2,19,20,22);1H. The molecule has 1 aliphatic rings. The Morgan fingerprint density at radius 2 is 2.11 bits per heavy atom. The lowest BCUT2D eigenvalue weighted by atomic mass is 10.1. The quantitative estimate of drug-likeness (QED) is 0.391. The molecule has 1 unspecified atom stereocenters. The summed E-state index contributed by atoms with van der Waals surface area (Å²) in [4.78, 5) is 6.78. The Kier molecular flexibility index (Phi) is 7.51. The van der Waals surface area contributed by atoms with E-state index in [1.54, 1.807) is 0 Å². The molecular formula is C18H31IN8. The molecular weight excluding hydrogens is 455 g/mol. The summed E-state index contributed by atoms with van der Waals surface area (Å²) in [5, 5.41) is 15.8. The number of anilines is 1. The lowest BCUT2D eigenvalue weighted by Gasteiger charge is -2.34. The van der Waals surface area contributed by atoms with Crippen LogP contribution in [-0.2, 0) is 20.6 Å². The van der Waals surface area contributed by atoms with Crippen LogP contribution in [0.5, 0.6) is 0 Å². The van der Waals surface area contributed by atoms with Crippen LogP contribution in [0, 0.1) is 13.8 Å². The van der Waals surface area contributed by atoms with Crippen molar-refractivity contribution in [3.8, 4) is 0 Å². The fourth-order valence-corrected chi connectivity index (χ4v) is 3.53. The second-order valence-corrected chi connectivity index (χ2v) is 7.00. The van der Waals surface area contributed by atoms with Gasteiger partial charge in [-0.3, -0.25) is 14.4 Å². The number of guanidine groups is 1. The molecule has 0 bridgehead atoms. The molecule has 2 aromatic rings. The Morgan fingerprint density at radius 3 is 2.70 bits per heavy atom. The maximum atomic E-state index is 4.48. The number of hydrogen-bond donors (Lipinski definition) is 2. The minimum Gasteiger partial charge on any atom is -0.367 e. The van der Waals surface area contributed by atoms with Crippen LogP contribution in [0.2, 0.25) is 0 Å². The molecule has 3 heterocycles. The Morgan fingerprint density at radius 1 is 1.33 bits per heavy atom. The molecule has 1 atom stereocenters. The number of aliphatic imine (C=N–C) groups is 1. The summed E-state index contributed by atoms with van der Waals surface area (Å²) in [6, 6.07) is 0.367. The number of nitrogens with one attached hydrogen (secondary N) is 2. The highest BCUT2D eigenvalue weighted by Gasteiger charge is 2.22. The summed E-state index contributed by atoms with van der Waals surface area (Å²) in [5.41, 5.74) is 4.67. The fraction of sp³-hybridized carbons (Fsp3) is 0.611. The van der Waals surface area contributed by atoms with Gasteiger partial charge < -0.3 is 15.5 Å². The topological polar surface area (TPSA) is 75.3 Å². The van der Waals surface area contributed by atoms with Gasteiger partial charge in [-0.25, -0.2) is 0 Å². The number of halogens is 1. The first-order valence-corrected chi connectivity index (χ1v) is 9.17. The zero-order chi connectivity index (χ0) is 18.7. The molecule has 9 heteroatoms. The second kappa shape index (κ2) is 9.43. The van der Waals surface area contributed by atoms with Gasteiger partial charge in [0.1, 0.15) is 0 Å². The van der Waals surface area contributed by atoms with Crippen LogP contribution in [0.1, 0.15) is 29.8 Å². The number of hydrogen-bond acceptors (Lipinski definition) is 4. The van der Waals surface area contributed by atoms with Crippen LogP contribution >= 0.6 is 24.0 Å². The smallest absolute Gasteiger partial charge is 0.191 e. The third-order valence-corrected chi connectivity index (χ3v) is 5.13. The monoisotopic (exact) mass is 486 g/mol. The van der Waals surface area contributed by atoms with E-state index < -0.39 is 0 Å². The van der Waals surface area contributed by atoms with Gasteiger partial charge >= 0.3 is 0 Å². The summed E-state index contributed by atoms with van der Waals surface area (Å²) in [6.45, 7) is 6.90. The number of aromatic nitrogens is 4. The lowest BCUT2D eigenvalue weighted by molar-refractivity contribution is 0.468. The van der Waals surface area contributed by atoms with Crippen molar-refractivity contribution < 1.29 is 0 Å². The summed E-state index contributed by atoms with van der Waals surface area (Å²) < 4.78 is 3.78. The predicted molar refractivity (Wildman–Crippen MR) is 120 cm³/mol. The van der Waals surface area contributed by atoms with Crippen molar-refractivity contribution in [2.75, 3.05) is 25.0 Å². The van der Waals surface area contributed by atoms with E-state index in [-0.39, 0.29) is 24.0 Å². The molecule has 3 rings (SSSR count). The summed E-state index contributed by atoms with van der Waals surface area (Å²) in [5.74, 6) is 0.839. The molecule has 0 spiro atoms. The van der Waals surface area contributed by atoms with Gasteiger partial charge in [-0.1, -0.05) is 0 Å². The predicted octanol–water partition coefficient (Wildman–Crippen LogP) is 1.72. The Balaban J connectivity index is 0.00000261. The van der Waals surface area contributed by atoms with Crippen LogP contribution < -0.4 is 15.5 Å². The average Bonchev–Trinajstić information content (AvgIpc) is 3.16. The van der Waals surface area contributed by atoms with Gasteiger partial charge in [0.05, 0.1) is 17.6 Å². The van der Waals surface area contributed by atoms with Gasteiger partial charge in [-0.15, -0.1) is 24.0 Å². The van der Waals surface area contributed by atoms with Crippen molar-refractivity contribution in [1.29, 1.82) is 0 Å². The van der Waals surface area contributed by atoms with E-state index in [0.717, 1.165) is 44.1 Å². The van der Waals surface area contributed by atoms with Crippen LogP contribution in [0.4, 0.5) is 5.69 Å². The molecule has 0 saturated carbocycles. The number of nitrogens with zero attached hydrogens (tertiary/aromatic N) is 6. The molecule has 8 nitrogen and oxygen atoms in total. The highest BCUT2D eigenvalue weighted by atomic mass is 127. The van der Waals surface area contributed by atoms with Gasteiger partial charge in [0.2, 0.25) is 0 Å². The van der Waals surface area contributed by atoms with E-state index in [1.807, 2.05) is 43.6 Å². The van der Waals surface area contributed by atoms with Crippen molar-refractivity contribution in [1.82, 2.24) is 30.2 Å². The fourth-order valence-electron chi connectivity index (χ4n) is 3.53. The van der Waals surface area contributed by atoms with Crippen LogP contribution in [-0.4, -0.2) is 51.7 Å². The largest absolute Gasteiger partial charge is 0.367 e. The van der Waals surface area contributed by atoms with Crippen LogP contribution in [0.25, 0.3) is 0 Å². The summed E-state index contributed by atoms with van der Waals surface area (Å²) >= 11 is 0. The zero-order valence-corrected chi connectivity index (χ0v) is 19.2. The molecule has 1 saturated heterocycles. The third-order valence-electron chi connectivity index (χ3n) is 5.13. The maximum Gasteiger partial charge on any atom is 0.191 e. The third kappa shape index (κ3) is 5.14. The normalized spacial score (nSPS) is 17.6. The minimum atomic E-state index is 0. The van der Waals surface area contributed by atoms with E-state index in [1.165, 1.54) is 16.9 Å². The van der Waals surface area contributed by atoms with Crippen LogP contribution in [0.3, 0.4) is 0 Å². The Labute approximate surface area is 178 Å². The van der Waals surface area contributed by atoms with Crippen molar-refractivity contribution >= 4 is 35.6 Å². The van der Waals surface area contributed by atoms with Gasteiger partial charge in [-0.05, 0) is 26.7 Å². The highest BCUT2D eigenvalue weighted by Crippen LogP contribution is 2.19. The molecule has 0 radical (unpaired) electrons. The average molecular weight is 486 g/mol. The Bertz CT molecular complexity index is 778.